The van der Waals surface area contributed by atoms with Crippen molar-refractivity contribution in [2.24, 2.45) is 0 Å². The molecular formula is C8H9InN2. The van der Waals surface area contributed by atoms with Crippen molar-refractivity contribution >= 4 is 30.3 Å². The zero-order chi connectivity index (χ0) is 7.68. The van der Waals surface area contributed by atoms with Gasteiger partial charge in [-0.3, -0.25) is 0 Å². The second-order valence-electron chi connectivity index (χ2n) is 2.68. The molecule has 2 radical (unpaired) electrons. The SMILES string of the molecule is [In][N]1CNCc2ccccc21. The summed E-state index contributed by atoms with van der Waals surface area (Å²) in [6.07, 6.45) is 0. The predicted octanol–water partition coefficient (Wildman–Crippen LogP) is 0.637. The van der Waals surface area contributed by atoms with Crippen LogP contribution < -0.4 is 8.20 Å². The van der Waals surface area contributed by atoms with Gasteiger partial charge in [0.2, 0.25) is 0 Å². The minimum absolute atomic E-state index is 1.01. The van der Waals surface area contributed by atoms with Gasteiger partial charge >= 0.3 is 81.6 Å². The van der Waals surface area contributed by atoms with Crippen LogP contribution in [0.15, 0.2) is 24.3 Å². The van der Waals surface area contributed by atoms with E-state index in [9.17, 15) is 0 Å². The fourth-order valence-corrected chi connectivity index (χ4v) is 2.42. The van der Waals surface area contributed by atoms with Crippen LogP contribution in [0.2, 0.25) is 0 Å². The second-order valence-corrected chi connectivity index (χ2v) is 4.46. The summed E-state index contributed by atoms with van der Waals surface area (Å²) < 4.78 is 2.35. The van der Waals surface area contributed by atoms with E-state index in [-0.39, 0.29) is 0 Å². The van der Waals surface area contributed by atoms with Gasteiger partial charge in [0, 0.05) is 0 Å². The monoisotopic (exact) mass is 248 g/mol. The predicted molar refractivity (Wildman–Crippen MR) is 46.4 cm³/mol. The van der Waals surface area contributed by atoms with Crippen LogP contribution in [-0.4, -0.2) is 31.3 Å². The van der Waals surface area contributed by atoms with Gasteiger partial charge in [-0.2, -0.15) is 0 Å². The molecule has 1 heterocycles. The minimum atomic E-state index is 1.01. The van der Waals surface area contributed by atoms with Crippen LogP contribution in [0.1, 0.15) is 5.56 Å². The standard InChI is InChI=1S/C8H9N2.In/c1-2-4-8-7(3-1)5-9-6-10-8;/h1-4,9H,5-6H2;/q-1;+1. The Kier molecular flexibility index (Phi) is 2.09. The molecule has 1 aliphatic rings. The number of benzene rings is 1. The maximum absolute atomic E-state index is 3.35. The fourth-order valence-electron chi connectivity index (χ4n) is 1.34. The average molecular weight is 248 g/mol. The van der Waals surface area contributed by atoms with Crippen molar-refractivity contribution in [2.45, 2.75) is 6.54 Å². The normalized spacial score (nSPS) is 16.2. The van der Waals surface area contributed by atoms with Crippen LogP contribution in [0.5, 0.6) is 0 Å². The summed E-state index contributed by atoms with van der Waals surface area (Å²) in [6, 6.07) is 8.58. The summed E-state index contributed by atoms with van der Waals surface area (Å²) in [5.74, 6) is 0. The third-order valence-electron chi connectivity index (χ3n) is 1.90. The molecule has 11 heavy (non-hydrogen) atoms. The number of nitrogens with zero attached hydrogens (tertiary/aromatic N) is 1. The first-order valence-electron chi connectivity index (χ1n) is 3.69. The Balaban J connectivity index is 2.44. The molecule has 0 amide bonds. The van der Waals surface area contributed by atoms with Crippen LogP contribution in [0.3, 0.4) is 0 Å². The van der Waals surface area contributed by atoms with Gasteiger partial charge in [-0.15, -0.1) is 0 Å². The summed E-state index contributed by atoms with van der Waals surface area (Å²) in [6.45, 7) is 2.03. The van der Waals surface area contributed by atoms with Gasteiger partial charge in [0.15, 0.2) is 0 Å². The Morgan fingerprint density at radius 1 is 1.36 bits per heavy atom. The molecule has 0 atom stereocenters. The second kappa shape index (κ2) is 3.07. The Morgan fingerprint density at radius 3 is 3.00 bits per heavy atom. The molecule has 1 N–H and O–H groups in total. The first-order valence-corrected chi connectivity index (χ1v) is 5.16. The molecule has 0 bridgehead atoms. The van der Waals surface area contributed by atoms with Crippen LogP contribution >= 0.6 is 0 Å². The van der Waals surface area contributed by atoms with Crippen molar-refractivity contribution < 1.29 is 0 Å². The number of hydrogen-bond donors (Lipinski definition) is 1. The molecule has 2 rings (SSSR count). The first-order chi connectivity index (χ1) is 5.38. The summed E-state index contributed by atoms with van der Waals surface area (Å²) in [5, 5.41) is 3.35. The van der Waals surface area contributed by atoms with Gasteiger partial charge in [0.1, 0.15) is 0 Å². The first kappa shape index (κ1) is 7.50. The van der Waals surface area contributed by atoms with E-state index in [1.54, 1.807) is 0 Å². The molecule has 54 valence electrons. The van der Waals surface area contributed by atoms with Crippen molar-refractivity contribution in [1.29, 1.82) is 0 Å². The van der Waals surface area contributed by atoms with E-state index >= 15 is 0 Å². The van der Waals surface area contributed by atoms with Crippen LogP contribution in [-0.2, 0) is 6.54 Å². The molecule has 0 saturated heterocycles. The summed E-state index contributed by atoms with van der Waals surface area (Å²) in [7, 11) is 0. The number of nitrogens with one attached hydrogen (secondary N) is 1. The van der Waals surface area contributed by atoms with Gasteiger partial charge in [-0.1, -0.05) is 0 Å². The van der Waals surface area contributed by atoms with Crippen molar-refractivity contribution in [3.63, 3.8) is 0 Å². The van der Waals surface area contributed by atoms with Crippen LogP contribution in [0.4, 0.5) is 5.69 Å². The van der Waals surface area contributed by atoms with E-state index in [1.165, 1.54) is 11.3 Å². The molecule has 0 unspecified atom stereocenters. The molecule has 3 heteroatoms. The van der Waals surface area contributed by atoms with Gasteiger partial charge in [-0.25, -0.2) is 0 Å². The molecule has 1 aromatic rings. The van der Waals surface area contributed by atoms with Gasteiger partial charge in [-0.05, 0) is 0 Å². The molecule has 1 aromatic carbocycles. The molecule has 1 aliphatic heterocycles. The number of hydrogen-bond acceptors (Lipinski definition) is 2. The number of anilines is 1. The third kappa shape index (κ3) is 1.40. The third-order valence-corrected chi connectivity index (χ3v) is 3.21. The van der Waals surface area contributed by atoms with E-state index in [4.69, 9.17) is 0 Å². The number of fused-ring (bicyclic) bond motifs is 1. The van der Waals surface area contributed by atoms with E-state index in [0.29, 0.717) is 0 Å². The summed E-state index contributed by atoms with van der Waals surface area (Å²) in [4.78, 5) is 0. The summed E-state index contributed by atoms with van der Waals surface area (Å²) in [5.41, 5.74) is 2.83. The van der Waals surface area contributed by atoms with Crippen molar-refractivity contribution in [1.82, 2.24) is 5.32 Å². The van der Waals surface area contributed by atoms with Crippen LogP contribution in [0.25, 0.3) is 0 Å². The number of rotatable bonds is 0. The van der Waals surface area contributed by atoms with Crippen molar-refractivity contribution in [3.8, 4) is 0 Å². The maximum atomic E-state index is 3.35. The van der Waals surface area contributed by atoms with Crippen molar-refractivity contribution in [3.05, 3.63) is 29.8 Å². The van der Waals surface area contributed by atoms with Crippen LogP contribution in [0, 0.1) is 0 Å². The molecule has 0 fully saturated rings. The molecule has 0 saturated carbocycles. The van der Waals surface area contributed by atoms with E-state index in [0.717, 1.165) is 37.9 Å². The molecule has 0 aromatic heterocycles. The van der Waals surface area contributed by atoms with Gasteiger partial charge in [0.05, 0.1) is 0 Å². The van der Waals surface area contributed by atoms with Gasteiger partial charge in [0.25, 0.3) is 0 Å². The Hall–Kier alpha value is -0.150. The zero-order valence-corrected chi connectivity index (χ0v) is 9.54. The molecule has 0 aliphatic carbocycles. The molecular weight excluding hydrogens is 239 g/mol. The zero-order valence-electron chi connectivity index (χ0n) is 6.25. The van der Waals surface area contributed by atoms with E-state index in [1.807, 2.05) is 0 Å². The Labute approximate surface area is 81.6 Å². The fraction of sp³-hybridized carbons (Fsp3) is 0.250. The molecule has 2 nitrogen and oxygen atoms in total. The Bertz CT molecular complexity index is 262. The van der Waals surface area contributed by atoms with Gasteiger partial charge < -0.3 is 0 Å². The van der Waals surface area contributed by atoms with Crippen molar-refractivity contribution in [2.75, 3.05) is 9.56 Å². The quantitative estimate of drug-likeness (QED) is 0.724. The average Bonchev–Trinajstić information content (AvgIpc) is 2.06. The Morgan fingerprint density at radius 2 is 2.18 bits per heavy atom. The number of para-hydroxylation sites is 1. The van der Waals surface area contributed by atoms with E-state index in [2.05, 4.69) is 32.5 Å². The summed E-state index contributed by atoms with van der Waals surface area (Å²) >= 11 is 1.16. The molecule has 0 spiro atoms. The van der Waals surface area contributed by atoms with E-state index < -0.39 is 0 Å². The topological polar surface area (TPSA) is 15.3 Å².